The Morgan fingerprint density at radius 1 is 1.19 bits per heavy atom. The molecule has 2 fully saturated rings. The highest BCUT2D eigenvalue weighted by Gasteiger charge is 2.40. The lowest BCUT2D eigenvalue weighted by atomic mass is 9.77. The number of nitrogens with two attached hydrogens (primary N) is 1. The fourth-order valence-electron chi connectivity index (χ4n) is 3.74. The minimum Gasteiger partial charge on any atom is -0.378 e. The van der Waals surface area contributed by atoms with Crippen LogP contribution in [0.3, 0.4) is 0 Å². The molecule has 0 saturated heterocycles. The van der Waals surface area contributed by atoms with Crippen molar-refractivity contribution in [3.8, 4) is 0 Å². The molecule has 21 heavy (non-hydrogen) atoms. The smallest absolute Gasteiger partial charge is 0.225 e. The average Bonchev–Trinajstić information content (AvgIpc) is 2.72. The first kappa shape index (κ1) is 16.8. The highest BCUT2D eigenvalue weighted by molar-refractivity contribution is 5.77. The van der Waals surface area contributed by atoms with Gasteiger partial charge in [0.25, 0.3) is 0 Å². The summed E-state index contributed by atoms with van der Waals surface area (Å²) in [5, 5.41) is 0. The molecule has 0 aromatic heterocycles. The van der Waals surface area contributed by atoms with Crippen LogP contribution in [-0.4, -0.2) is 42.6 Å². The number of nitrogens with zero attached hydrogens (tertiary/aromatic N) is 1. The van der Waals surface area contributed by atoms with Crippen molar-refractivity contribution in [2.24, 2.45) is 5.73 Å². The van der Waals surface area contributed by atoms with E-state index in [9.17, 15) is 4.79 Å². The lowest BCUT2D eigenvalue weighted by molar-refractivity contribution is -0.146. The number of ether oxygens (including phenoxy) is 1. The van der Waals surface area contributed by atoms with Gasteiger partial charge in [0.2, 0.25) is 5.91 Å². The van der Waals surface area contributed by atoms with E-state index in [1.807, 2.05) is 0 Å². The zero-order valence-corrected chi connectivity index (χ0v) is 13.6. The molecular weight excluding hydrogens is 264 g/mol. The van der Waals surface area contributed by atoms with Gasteiger partial charge in [-0.05, 0) is 45.1 Å². The van der Waals surface area contributed by atoms with Crippen molar-refractivity contribution in [2.75, 3.05) is 20.2 Å². The summed E-state index contributed by atoms with van der Waals surface area (Å²) in [5.74, 6) is 0.289. The Kier molecular flexibility index (Phi) is 6.49. The Bertz CT molecular complexity index is 315. The molecule has 0 atom stereocenters. The van der Waals surface area contributed by atoms with Crippen LogP contribution in [0.4, 0.5) is 0 Å². The molecule has 0 bridgehead atoms. The van der Waals surface area contributed by atoms with Crippen LogP contribution in [0, 0.1) is 0 Å². The second kappa shape index (κ2) is 8.14. The Balaban J connectivity index is 1.97. The second-order valence-electron chi connectivity index (χ2n) is 6.79. The minimum absolute atomic E-state index is 0.164. The summed E-state index contributed by atoms with van der Waals surface area (Å²) < 4.78 is 5.64. The zero-order chi connectivity index (χ0) is 15.1. The van der Waals surface area contributed by atoms with Gasteiger partial charge in [-0.15, -0.1) is 0 Å². The van der Waals surface area contributed by atoms with E-state index in [2.05, 4.69) is 4.90 Å². The van der Waals surface area contributed by atoms with Gasteiger partial charge in [-0.1, -0.05) is 25.7 Å². The SMILES string of the molecule is COC1(CC(=O)N(CCCN)C2CCCCCC2)CCC1. The summed E-state index contributed by atoms with van der Waals surface area (Å²) in [6.45, 7) is 1.48. The van der Waals surface area contributed by atoms with Crippen molar-refractivity contribution in [1.29, 1.82) is 0 Å². The van der Waals surface area contributed by atoms with Crippen LogP contribution >= 0.6 is 0 Å². The lowest BCUT2D eigenvalue weighted by Crippen LogP contribution is -2.48. The molecule has 0 radical (unpaired) electrons. The summed E-state index contributed by atoms with van der Waals surface area (Å²) in [6, 6.07) is 0.431. The van der Waals surface area contributed by atoms with Gasteiger partial charge in [0.15, 0.2) is 0 Å². The molecule has 1 amide bonds. The van der Waals surface area contributed by atoms with Crippen LogP contribution in [0.25, 0.3) is 0 Å². The molecule has 4 heteroatoms. The number of hydrogen-bond acceptors (Lipinski definition) is 3. The Labute approximate surface area is 129 Å². The fraction of sp³-hybridized carbons (Fsp3) is 0.941. The second-order valence-corrected chi connectivity index (χ2v) is 6.79. The lowest BCUT2D eigenvalue weighted by Gasteiger charge is -2.42. The first-order valence-corrected chi connectivity index (χ1v) is 8.75. The van der Waals surface area contributed by atoms with E-state index in [1.165, 1.54) is 32.1 Å². The van der Waals surface area contributed by atoms with Gasteiger partial charge in [-0.25, -0.2) is 0 Å². The summed E-state index contributed by atoms with van der Waals surface area (Å²) in [4.78, 5) is 15.0. The predicted molar refractivity (Wildman–Crippen MR) is 85.1 cm³/mol. The number of carbonyl (C=O) groups excluding carboxylic acids is 1. The van der Waals surface area contributed by atoms with Gasteiger partial charge in [0, 0.05) is 19.7 Å². The summed E-state index contributed by atoms with van der Waals surface area (Å²) >= 11 is 0. The molecular formula is C17H32N2O2. The quantitative estimate of drug-likeness (QED) is 0.735. The molecule has 0 aliphatic heterocycles. The predicted octanol–water partition coefficient (Wildman–Crippen LogP) is 2.85. The maximum absolute atomic E-state index is 12.8. The zero-order valence-electron chi connectivity index (χ0n) is 13.6. The van der Waals surface area contributed by atoms with Crippen molar-refractivity contribution in [1.82, 2.24) is 4.90 Å². The van der Waals surface area contributed by atoms with Crippen LogP contribution < -0.4 is 5.73 Å². The average molecular weight is 296 g/mol. The van der Waals surface area contributed by atoms with Gasteiger partial charge in [-0.3, -0.25) is 4.79 Å². The molecule has 0 aromatic rings. The highest BCUT2D eigenvalue weighted by atomic mass is 16.5. The molecule has 2 N–H and O–H groups in total. The summed E-state index contributed by atoms with van der Waals surface area (Å²) in [7, 11) is 1.75. The maximum atomic E-state index is 12.8. The van der Waals surface area contributed by atoms with Crippen molar-refractivity contribution < 1.29 is 9.53 Å². The first-order chi connectivity index (χ1) is 10.2. The van der Waals surface area contributed by atoms with E-state index in [1.54, 1.807) is 7.11 Å². The van der Waals surface area contributed by atoms with Gasteiger partial charge in [0.1, 0.15) is 0 Å². The molecule has 0 unspecified atom stereocenters. The van der Waals surface area contributed by atoms with Crippen LogP contribution in [0.15, 0.2) is 0 Å². The fourth-order valence-corrected chi connectivity index (χ4v) is 3.74. The maximum Gasteiger partial charge on any atom is 0.225 e. The van der Waals surface area contributed by atoms with Crippen LogP contribution in [0.5, 0.6) is 0 Å². The number of rotatable bonds is 7. The molecule has 0 aromatic carbocycles. The number of hydrogen-bond donors (Lipinski definition) is 1. The summed E-state index contributed by atoms with van der Waals surface area (Å²) in [5.41, 5.74) is 5.50. The Hall–Kier alpha value is -0.610. The van der Waals surface area contributed by atoms with Gasteiger partial charge >= 0.3 is 0 Å². The third-order valence-corrected chi connectivity index (χ3v) is 5.36. The van der Waals surface area contributed by atoms with E-state index in [4.69, 9.17) is 10.5 Å². The third kappa shape index (κ3) is 4.43. The largest absolute Gasteiger partial charge is 0.378 e. The topological polar surface area (TPSA) is 55.6 Å². The van der Waals surface area contributed by atoms with Gasteiger partial charge in [0.05, 0.1) is 12.0 Å². The number of methoxy groups -OCH3 is 1. The van der Waals surface area contributed by atoms with E-state index in [0.717, 1.165) is 38.6 Å². The standard InChI is InChI=1S/C17H32N2O2/c1-21-17(10-6-11-17)14-16(20)19(13-7-12-18)15-8-4-2-3-5-9-15/h15H,2-14,18H2,1H3. The van der Waals surface area contributed by atoms with E-state index in [-0.39, 0.29) is 11.5 Å². The van der Waals surface area contributed by atoms with Crippen molar-refractivity contribution in [3.63, 3.8) is 0 Å². The number of carbonyl (C=O) groups is 1. The first-order valence-electron chi connectivity index (χ1n) is 8.75. The van der Waals surface area contributed by atoms with Crippen molar-refractivity contribution in [3.05, 3.63) is 0 Å². The van der Waals surface area contributed by atoms with Crippen LogP contribution in [0.1, 0.15) is 70.6 Å². The van der Waals surface area contributed by atoms with E-state index in [0.29, 0.717) is 19.0 Å². The number of amides is 1. The molecule has 2 aliphatic rings. The van der Waals surface area contributed by atoms with Gasteiger partial charge in [-0.2, -0.15) is 0 Å². The Morgan fingerprint density at radius 3 is 2.33 bits per heavy atom. The minimum atomic E-state index is -0.164. The van der Waals surface area contributed by atoms with Crippen molar-refractivity contribution in [2.45, 2.75) is 82.3 Å². The highest BCUT2D eigenvalue weighted by Crippen LogP contribution is 2.38. The van der Waals surface area contributed by atoms with Crippen LogP contribution in [0.2, 0.25) is 0 Å². The van der Waals surface area contributed by atoms with Crippen LogP contribution in [-0.2, 0) is 9.53 Å². The Morgan fingerprint density at radius 2 is 1.86 bits per heavy atom. The van der Waals surface area contributed by atoms with Gasteiger partial charge < -0.3 is 15.4 Å². The molecule has 4 nitrogen and oxygen atoms in total. The van der Waals surface area contributed by atoms with E-state index >= 15 is 0 Å². The molecule has 0 heterocycles. The van der Waals surface area contributed by atoms with E-state index < -0.39 is 0 Å². The molecule has 122 valence electrons. The molecule has 2 rings (SSSR count). The molecule has 2 aliphatic carbocycles. The summed E-state index contributed by atoms with van der Waals surface area (Å²) in [6.07, 6.45) is 12.2. The normalized spacial score (nSPS) is 22.4. The molecule has 0 spiro atoms. The third-order valence-electron chi connectivity index (χ3n) is 5.36. The molecule has 2 saturated carbocycles. The monoisotopic (exact) mass is 296 g/mol. The van der Waals surface area contributed by atoms with Crippen molar-refractivity contribution >= 4 is 5.91 Å².